The third-order valence-corrected chi connectivity index (χ3v) is 3.18. The molecule has 6 heteroatoms. The second kappa shape index (κ2) is 4.70. The largest absolute Gasteiger partial charge is 0.308 e. The summed E-state index contributed by atoms with van der Waals surface area (Å²) in [5.41, 5.74) is 0.877. The van der Waals surface area contributed by atoms with E-state index >= 15 is 0 Å². The van der Waals surface area contributed by atoms with Crippen LogP contribution in [0.4, 0.5) is 8.78 Å². The van der Waals surface area contributed by atoms with E-state index in [4.69, 9.17) is 0 Å². The van der Waals surface area contributed by atoms with Gasteiger partial charge in [-0.1, -0.05) is 11.3 Å². The van der Waals surface area contributed by atoms with Crippen molar-refractivity contribution in [2.45, 2.75) is 32.4 Å². The topological polar surface area (TPSA) is 42.7 Å². The quantitative estimate of drug-likeness (QED) is 0.919. The van der Waals surface area contributed by atoms with Gasteiger partial charge in [0.15, 0.2) is 11.6 Å². The highest BCUT2D eigenvalue weighted by Gasteiger charge is 2.21. The van der Waals surface area contributed by atoms with Gasteiger partial charge in [-0.2, -0.15) is 0 Å². The van der Waals surface area contributed by atoms with Crippen LogP contribution in [-0.4, -0.2) is 21.0 Å². The lowest BCUT2D eigenvalue weighted by molar-refractivity contribution is 0.551. The Morgan fingerprint density at radius 1 is 1.37 bits per heavy atom. The van der Waals surface area contributed by atoms with Gasteiger partial charge in [-0.25, -0.2) is 13.5 Å². The van der Waals surface area contributed by atoms with E-state index in [1.807, 2.05) is 0 Å². The van der Waals surface area contributed by atoms with Crippen LogP contribution >= 0.6 is 0 Å². The minimum absolute atomic E-state index is 0.176. The second-order valence-electron chi connectivity index (χ2n) is 4.84. The smallest absolute Gasteiger partial charge is 0.154 e. The fourth-order valence-corrected chi connectivity index (χ4v) is 1.88. The predicted octanol–water partition coefficient (Wildman–Crippen LogP) is 2.11. The molecule has 100 valence electrons. The van der Waals surface area contributed by atoms with E-state index in [1.54, 1.807) is 13.1 Å². The first-order chi connectivity index (χ1) is 9.15. The predicted molar refractivity (Wildman–Crippen MR) is 65.9 cm³/mol. The van der Waals surface area contributed by atoms with Crippen molar-refractivity contribution in [3.8, 4) is 5.69 Å². The molecule has 1 aliphatic rings. The number of aryl methyl sites for hydroxylation is 1. The highest BCUT2D eigenvalue weighted by atomic mass is 19.1. The molecule has 1 aliphatic carbocycles. The normalized spacial score (nSPS) is 14.9. The molecule has 0 spiro atoms. The molecule has 0 amide bonds. The van der Waals surface area contributed by atoms with Crippen LogP contribution in [-0.2, 0) is 6.54 Å². The highest BCUT2D eigenvalue weighted by molar-refractivity contribution is 5.38. The maximum atomic E-state index is 13.9. The number of nitrogens with one attached hydrogen (secondary N) is 1. The zero-order chi connectivity index (χ0) is 13.4. The zero-order valence-electron chi connectivity index (χ0n) is 10.5. The Bertz CT molecular complexity index is 605. The van der Waals surface area contributed by atoms with Crippen molar-refractivity contribution in [2.24, 2.45) is 0 Å². The molecule has 1 saturated carbocycles. The van der Waals surface area contributed by atoms with Crippen molar-refractivity contribution < 1.29 is 8.78 Å². The lowest BCUT2D eigenvalue weighted by Gasteiger charge is -2.05. The molecular weight excluding hydrogens is 250 g/mol. The van der Waals surface area contributed by atoms with Crippen molar-refractivity contribution in [3.05, 3.63) is 41.2 Å². The van der Waals surface area contributed by atoms with Crippen LogP contribution in [0.15, 0.2) is 18.3 Å². The minimum Gasteiger partial charge on any atom is -0.308 e. The van der Waals surface area contributed by atoms with Crippen molar-refractivity contribution in [2.75, 3.05) is 0 Å². The van der Waals surface area contributed by atoms with Crippen molar-refractivity contribution in [1.82, 2.24) is 20.3 Å². The van der Waals surface area contributed by atoms with Gasteiger partial charge >= 0.3 is 0 Å². The van der Waals surface area contributed by atoms with E-state index in [2.05, 4.69) is 15.6 Å². The molecule has 19 heavy (non-hydrogen) atoms. The second-order valence-corrected chi connectivity index (χ2v) is 4.84. The van der Waals surface area contributed by atoms with Crippen molar-refractivity contribution >= 4 is 0 Å². The first kappa shape index (κ1) is 12.2. The van der Waals surface area contributed by atoms with Crippen LogP contribution in [0.2, 0.25) is 0 Å². The van der Waals surface area contributed by atoms with Gasteiger partial charge in [-0.15, -0.1) is 5.10 Å². The molecule has 1 N–H and O–H groups in total. The molecule has 1 aromatic carbocycles. The van der Waals surface area contributed by atoms with Gasteiger partial charge in [0.05, 0.1) is 11.9 Å². The zero-order valence-corrected chi connectivity index (χ0v) is 10.5. The molecule has 0 radical (unpaired) electrons. The van der Waals surface area contributed by atoms with Crippen molar-refractivity contribution in [1.29, 1.82) is 0 Å². The van der Waals surface area contributed by atoms with E-state index < -0.39 is 11.6 Å². The molecule has 0 bridgehead atoms. The van der Waals surface area contributed by atoms with Crippen LogP contribution in [0.25, 0.3) is 5.69 Å². The van der Waals surface area contributed by atoms with Crippen LogP contribution in [0, 0.1) is 18.6 Å². The van der Waals surface area contributed by atoms with Crippen LogP contribution in [0.3, 0.4) is 0 Å². The lowest BCUT2D eigenvalue weighted by Crippen LogP contribution is -2.15. The van der Waals surface area contributed by atoms with Crippen molar-refractivity contribution in [3.63, 3.8) is 0 Å². The van der Waals surface area contributed by atoms with Gasteiger partial charge in [0.1, 0.15) is 5.69 Å². The molecule has 0 atom stereocenters. The number of benzene rings is 1. The monoisotopic (exact) mass is 264 g/mol. The summed E-state index contributed by atoms with van der Waals surface area (Å²) in [6, 6.07) is 3.19. The molecule has 0 saturated heterocycles. The lowest BCUT2D eigenvalue weighted by atomic mass is 10.2. The maximum Gasteiger partial charge on any atom is 0.154 e. The summed E-state index contributed by atoms with van der Waals surface area (Å²) < 4.78 is 28.8. The van der Waals surface area contributed by atoms with Gasteiger partial charge in [0, 0.05) is 12.6 Å². The van der Waals surface area contributed by atoms with Crippen LogP contribution in [0.5, 0.6) is 0 Å². The molecule has 0 aliphatic heterocycles. The van der Waals surface area contributed by atoms with Gasteiger partial charge in [0.25, 0.3) is 0 Å². The van der Waals surface area contributed by atoms with Gasteiger partial charge in [-0.3, -0.25) is 0 Å². The average molecular weight is 264 g/mol. The highest BCUT2D eigenvalue weighted by Crippen LogP contribution is 2.21. The van der Waals surface area contributed by atoms with Crippen LogP contribution in [0.1, 0.15) is 24.1 Å². The molecule has 3 rings (SSSR count). The van der Waals surface area contributed by atoms with E-state index in [1.165, 1.54) is 25.0 Å². The number of hydrogen-bond acceptors (Lipinski definition) is 3. The van der Waals surface area contributed by atoms with Gasteiger partial charge in [-0.05, 0) is 31.4 Å². The summed E-state index contributed by atoms with van der Waals surface area (Å²) >= 11 is 0. The Kier molecular flexibility index (Phi) is 3.02. The standard InChI is InChI=1S/C13H14F2N4/c1-8-2-5-11(14)13(12(8)15)19-7-10(17-18-19)6-16-9-3-4-9/h2,5,7,9,16H,3-4,6H2,1H3. The number of halogens is 2. The summed E-state index contributed by atoms with van der Waals surface area (Å²) in [7, 11) is 0. The summed E-state index contributed by atoms with van der Waals surface area (Å²) in [4.78, 5) is 0. The Labute approximate surface area is 109 Å². The number of aromatic nitrogens is 3. The molecule has 0 unspecified atom stereocenters. The average Bonchev–Trinajstić information content (AvgIpc) is 3.11. The first-order valence-electron chi connectivity index (χ1n) is 6.25. The first-order valence-corrected chi connectivity index (χ1v) is 6.25. The number of hydrogen-bond donors (Lipinski definition) is 1. The summed E-state index contributed by atoms with van der Waals surface area (Å²) in [6.45, 7) is 2.16. The Balaban J connectivity index is 1.87. The molecule has 1 heterocycles. The molecule has 2 aromatic rings. The SMILES string of the molecule is Cc1ccc(F)c(-n2cc(CNC3CC3)nn2)c1F. The third kappa shape index (κ3) is 2.49. The fraction of sp³-hybridized carbons (Fsp3) is 0.385. The van der Waals surface area contributed by atoms with Gasteiger partial charge in [0.2, 0.25) is 0 Å². The number of rotatable bonds is 4. The van der Waals surface area contributed by atoms with Gasteiger partial charge < -0.3 is 5.32 Å². The van der Waals surface area contributed by atoms with E-state index in [0.29, 0.717) is 23.8 Å². The minimum atomic E-state index is -0.644. The Morgan fingerprint density at radius 2 is 2.16 bits per heavy atom. The van der Waals surface area contributed by atoms with E-state index in [0.717, 1.165) is 4.68 Å². The maximum absolute atomic E-state index is 13.9. The summed E-state index contributed by atoms with van der Waals surface area (Å²) in [5, 5.41) is 11.0. The Hall–Kier alpha value is -1.82. The molecule has 1 fully saturated rings. The van der Waals surface area contributed by atoms with E-state index in [9.17, 15) is 8.78 Å². The van der Waals surface area contributed by atoms with Crippen LogP contribution < -0.4 is 5.32 Å². The summed E-state index contributed by atoms with van der Waals surface area (Å²) in [5.74, 6) is -1.25. The molecular formula is C13H14F2N4. The third-order valence-electron chi connectivity index (χ3n) is 3.18. The number of nitrogens with zero attached hydrogens (tertiary/aromatic N) is 3. The summed E-state index contributed by atoms with van der Waals surface area (Å²) in [6.07, 6.45) is 3.90. The Morgan fingerprint density at radius 3 is 2.89 bits per heavy atom. The molecule has 1 aromatic heterocycles. The van der Waals surface area contributed by atoms with E-state index in [-0.39, 0.29) is 5.69 Å². The molecule has 4 nitrogen and oxygen atoms in total. The fourth-order valence-electron chi connectivity index (χ4n) is 1.88.